The monoisotopic (exact) mass is 773 g/mol. The summed E-state index contributed by atoms with van der Waals surface area (Å²) in [5.41, 5.74) is 3.93. The van der Waals surface area contributed by atoms with Gasteiger partial charge >= 0.3 is 0 Å². The van der Waals surface area contributed by atoms with Gasteiger partial charge in [0.2, 0.25) is 17.6 Å². The van der Waals surface area contributed by atoms with E-state index in [1.165, 1.54) is 17.9 Å². The molecule has 7 aromatic rings. The predicted molar refractivity (Wildman–Crippen MR) is 208 cm³/mol. The molecule has 0 saturated carbocycles. The van der Waals surface area contributed by atoms with Crippen LogP contribution in [-0.2, 0) is 29.7 Å². The highest BCUT2D eigenvalue weighted by molar-refractivity contribution is 6.10. The minimum Gasteiger partial charge on any atom is -0.493 e. The van der Waals surface area contributed by atoms with Gasteiger partial charge in [-0.05, 0) is 77.4 Å². The zero-order valence-electron chi connectivity index (χ0n) is 31.4. The molecule has 4 heterocycles. The zero-order chi connectivity index (χ0) is 40.1. The lowest BCUT2D eigenvalue weighted by Crippen LogP contribution is -2.12. The summed E-state index contributed by atoms with van der Waals surface area (Å²) < 4.78 is 40.9. The van der Waals surface area contributed by atoms with Crippen molar-refractivity contribution in [1.29, 1.82) is 0 Å². The fourth-order valence-corrected chi connectivity index (χ4v) is 5.41. The molecule has 3 aromatic carbocycles. The fourth-order valence-electron chi connectivity index (χ4n) is 5.41. The number of rotatable bonds is 13. The van der Waals surface area contributed by atoms with E-state index in [0.717, 1.165) is 28.8 Å². The highest BCUT2D eigenvalue weighted by atomic mass is 19.1. The smallest absolute Gasteiger partial charge is 0.222 e. The Morgan fingerprint density at radius 3 is 2.49 bits per heavy atom. The Labute approximate surface area is 325 Å². The van der Waals surface area contributed by atoms with Gasteiger partial charge < -0.3 is 24.9 Å². The molecule has 15 nitrogen and oxygen atoms in total. The largest absolute Gasteiger partial charge is 0.493 e. The summed E-state index contributed by atoms with van der Waals surface area (Å²) in [6.45, 7) is 3.97. The molecule has 1 amide bonds. The van der Waals surface area contributed by atoms with Crippen molar-refractivity contribution in [3.63, 3.8) is 0 Å². The van der Waals surface area contributed by atoms with Gasteiger partial charge in [-0.3, -0.25) is 4.79 Å². The normalized spacial score (nSPS) is 11.0. The number of halogens is 2. The Hall–Kier alpha value is -7.43. The molecule has 2 N–H and O–H groups in total. The first kappa shape index (κ1) is 39.3. The Kier molecular flexibility index (Phi) is 12.9. The van der Waals surface area contributed by atoms with Crippen LogP contribution in [0.5, 0.6) is 17.4 Å². The number of carbonyl (C=O) groups is 1. The Balaban J connectivity index is 0.000000196. The molecular weight excluding hydrogens is 737 g/mol. The molecule has 0 fully saturated rings. The maximum absolute atomic E-state index is 14.2. The Morgan fingerprint density at radius 2 is 1.74 bits per heavy atom. The van der Waals surface area contributed by atoms with Crippen LogP contribution in [0.25, 0.3) is 10.9 Å². The van der Waals surface area contributed by atoms with Crippen LogP contribution in [0.2, 0.25) is 0 Å². The number of methoxy groups -OCH3 is 1. The molecule has 7 rings (SSSR count). The van der Waals surface area contributed by atoms with Gasteiger partial charge in [-0.15, -0.1) is 5.10 Å². The second-order valence-electron chi connectivity index (χ2n) is 12.3. The molecule has 0 aliphatic rings. The summed E-state index contributed by atoms with van der Waals surface area (Å²) in [6, 6.07) is 26.2. The molecular formula is C40H37F2N11O4. The minimum absolute atomic E-state index is 0.0366. The number of aromatic nitrogens is 8. The van der Waals surface area contributed by atoms with E-state index >= 15 is 0 Å². The van der Waals surface area contributed by atoms with E-state index in [1.807, 2.05) is 67.6 Å². The maximum atomic E-state index is 14.2. The fraction of sp³-hybridized carbons (Fsp3) is 0.175. The summed E-state index contributed by atoms with van der Waals surface area (Å²) in [7, 11) is 3.30. The van der Waals surface area contributed by atoms with E-state index in [9.17, 15) is 13.6 Å². The first-order chi connectivity index (χ1) is 27.7. The molecule has 4 aromatic heterocycles. The van der Waals surface area contributed by atoms with Gasteiger partial charge in [0.05, 0.1) is 18.2 Å². The molecule has 0 atom stereocenters. The van der Waals surface area contributed by atoms with Gasteiger partial charge in [-0.1, -0.05) is 47.6 Å². The van der Waals surface area contributed by atoms with Crippen LogP contribution in [-0.4, -0.2) is 65.4 Å². The van der Waals surface area contributed by atoms with Crippen molar-refractivity contribution in [2.24, 2.45) is 12.2 Å². The molecule has 17 heteroatoms. The third kappa shape index (κ3) is 10.4. The van der Waals surface area contributed by atoms with E-state index in [0.29, 0.717) is 53.4 Å². The van der Waals surface area contributed by atoms with Crippen molar-refractivity contribution in [3.8, 4) is 17.4 Å². The van der Waals surface area contributed by atoms with Crippen molar-refractivity contribution in [2.45, 2.75) is 26.9 Å². The van der Waals surface area contributed by atoms with Crippen LogP contribution < -0.4 is 20.1 Å². The van der Waals surface area contributed by atoms with E-state index in [2.05, 4.69) is 51.3 Å². The van der Waals surface area contributed by atoms with Gasteiger partial charge in [0.1, 0.15) is 35.1 Å². The highest BCUT2D eigenvalue weighted by Crippen LogP contribution is 2.32. The van der Waals surface area contributed by atoms with Crippen LogP contribution in [0.4, 0.5) is 20.4 Å². The number of pyridine rings is 2. The summed E-state index contributed by atoms with van der Waals surface area (Å²) in [5.74, 6) is 1.45. The topological polar surface area (TPSA) is 176 Å². The molecule has 0 spiro atoms. The van der Waals surface area contributed by atoms with Gasteiger partial charge in [0.25, 0.3) is 0 Å². The predicted octanol–water partition coefficient (Wildman–Crippen LogP) is 6.60. The molecule has 0 aliphatic heterocycles. The molecule has 0 aliphatic carbocycles. The summed E-state index contributed by atoms with van der Waals surface area (Å²) in [5, 5.41) is 21.4. The number of benzene rings is 3. The highest BCUT2D eigenvalue weighted by Gasteiger charge is 2.16. The number of tetrazole rings is 1. The number of nitrogens with zero attached hydrogens (tertiary/aromatic N) is 9. The SMILES string of the molecule is CC(=O)Nc1cccc(CO/N=C(/c2ccccc2)c2nnnn2C)n1.COc1cc(CCNc2ncnc3c(F)ccc(F)c23)ccc1Oc1cc(C)ccn1. The lowest BCUT2D eigenvalue weighted by molar-refractivity contribution is -0.114. The molecule has 57 heavy (non-hydrogen) atoms. The van der Waals surface area contributed by atoms with E-state index in [1.54, 1.807) is 38.6 Å². The van der Waals surface area contributed by atoms with E-state index in [-0.39, 0.29) is 29.2 Å². The number of fused-ring (bicyclic) bond motifs is 1. The van der Waals surface area contributed by atoms with Crippen LogP contribution in [0.1, 0.15) is 35.1 Å². The number of hydrogen-bond donors (Lipinski definition) is 2. The number of amides is 1. The second kappa shape index (κ2) is 18.7. The maximum Gasteiger partial charge on any atom is 0.222 e. The second-order valence-corrected chi connectivity index (χ2v) is 12.3. The molecule has 0 bridgehead atoms. The van der Waals surface area contributed by atoms with Gasteiger partial charge in [-0.2, -0.15) is 0 Å². The average molecular weight is 774 g/mol. The number of aryl methyl sites for hydroxylation is 2. The first-order valence-electron chi connectivity index (χ1n) is 17.5. The van der Waals surface area contributed by atoms with Crippen LogP contribution >= 0.6 is 0 Å². The quantitative estimate of drug-likeness (QED) is 0.0950. The lowest BCUT2D eigenvalue weighted by Gasteiger charge is -2.12. The number of hydrogen-bond acceptors (Lipinski definition) is 13. The molecule has 290 valence electrons. The number of nitrogens with one attached hydrogen (secondary N) is 2. The van der Waals surface area contributed by atoms with Crippen molar-refractivity contribution in [3.05, 3.63) is 143 Å². The summed E-state index contributed by atoms with van der Waals surface area (Å²) in [4.78, 5) is 33.0. The zero-order valence-corrected chi connectivity index (χ0v) is 31.4. The average Bonchev–Trinajstić information content (AvgIpc) is 3.64. The number of carbonyl (C=O) groups excluding carboxylic acids is 1. The minimum atomic E-state index is -0.592. The molecule has 0 saturated heterocycles. The van der Waals surface area contributed by atoms with Gasteiger partial charge in [-0.25, -0.2) is 33.4 Å². The molecule has 0 radical (unpaired) electrons. The Morgan fingerprint density at radius 1 is 0.912 bits per heavy atom. The Bertz CT molecular complexity index is 2500. The van der Waals surface area contributed by atoms with Crippen LogP contribution in [0, 0.1) is 18.6 Å². The van der Waals surface area contributed by atoms with Crippen molar-refractivity contribution < 1.29 is 27.9 Å². The van der Waals surface area contributed by atoms with Crippen molar-refractivity contribution >= 4 is 34.2 Å². The van der Waals surface area contributed by atoms with E-state index < -0.39 is 11.6 Å². The van der Waals surface area contributed by atoms with Crippen molar-refractivity contribution in [1.82, 2.24) is 40.1 Å². The number of oxime groups is 1. The standard InChI is InChI=1S/C23H20F2N4O2.C17H17N7O2/c1-14-7-9-26-20(11-14)31-18-6-3-15(12-19(18)30-2)8-10-27-23-21-16(24)4-5-17(25)22(21)28-13-29-23;1-12(25)18-15-10-6-9-14(19-15)11-26-21-16(13-7-4-3-5-8-13)17-20-22-23-24(17)2/h3-7,9,11-13H,8,10H2,1-2H3,(H,27,28,29);3-10H,11H2,1-2H3,(H,18,19,25)/b;21-16-. The summed E-state index contributed by atoms with van der Waals surface area (Å²) >= 11 is 0. The van der Waals surface area contributed by atoms with E-state index in [4.69, 9.17) is 14.3 Å². The molecule has 0 unspecified atom stereocenters. The lowest BCUT2D eigenvalue weighted by atomic mass is 10.1. The third-order valence-electron chi connectivity index (χ3n) is 8.09. The first-order valence-corrected chi connectivity index (χ1v) is 17.5. The van der Waals surface area contributed by atoms with Crippen molar-refractivity contribution in [2.75, 3.05) is 24.3 Å². The van der Waals surface area contributed by atoms with Gasteiger partial charge in [0.15, 0.2) is 23.8 Å². The van der Waals surface area contributed by atoms with Gasteiger partial charge in [0, 0.05) is 38.3 Å². The number of ether oxygens (including phenoxy) is 2. The summed E-state index contributed by atoms with van der Waals surface area (Å²) in [6.07, 6.45) is 3.49. The number of anilines is 2. The van der Waals surface area contributed by atoms with Crippen LogP contribution in [0.15, 0.2) is 109 Å². The van der Waals surface area contributed by atoms with Crippen LogP contribution in [0.3, 0.4) is 0 Å². The third-order valence-corrected chi connectivity index (χ3v) is 8.09.